The van der Waals surface area contributed by atoms with E-state index in [0.717, 1.165) is 22.3 Å². The van der Waals surface area contributed by atoms with Crippen LogP contribution in [0, 0.1) is 5.92 Å². The largest absolute Gasteiger partial charge is 0.493 e. The minimum atomic E-state index is -0.649. The number of benzene rings is 1. The monoisotopic (exact) mass is 588 g/mol. The molecule has 0 fully saturated rings. The highest BCUT2D eigenvalue weighted by atomic mass is 16.5. The first-order valence-corrected chi connectivity index (χ1v) is 14.4. The summed E-state index contributed by atoms with van der Waals surface area (Å²) in [7, 11) is 4.67. The maximum absolute atomic E-state index is 13.8. The summed E-state index contributed by atoms with van der Waals surface area (Å²) in [5.41, 5.74) is 3.92. The molecule has 1 heterocycles. The van der Waals surface area contributed by atoms with E-state index in [1.165, 1.54) is 6.92 Å². The fourth-order valence-corrected chi connectivity index (χ4v) is 5.53. The highest BCUT2D eigenvalue weighted by molar-refractivity contribution is 5.86. The molecule has 228 valence electrons. The van der Waals surface area contributed by atoms with Crippen LogP contribution in [0.5, 0.6) is 17.2 Å². The van der Waals surface area contributed by atoms with Crippen molar-refractivity contribution in [3.63, 3.8) is 0 Å². The Balaban J connectivity index is 1.81. The Labute approximate surface area is 252 Å². The van der Waals surface area contributed by atoms with Crippen LogP contribution in [-0.2, 0) is 22.6 Å². The Bertz CT molecular complexity index is 1530. The van der Waals surface area contributed by atoms with Crippen LogP contribution in [0.25, 0.3) is 11.1 Å². The molecule has 3 N–H and O–H groups in total. The second kappa shape index (κ2) is 14.0. The van der Waals surface area contributed by atoms with E-state index in [0.29, 0.717) is 48.6 Å². The molecular formula is C33H40N4O6. The SMILES string of the molecule is COc1cc2c(c(OC)c1OC)-c1ccc(N[C@@H](CC(C)C)C(=O)NCc3cccnc3)c(=O)cc1[C@H](NC(C)=O)CC2. The first-order chi connectivity index (χ1) is 20.7. The number of hydrogen-bond donors (Lipinski definition) is 3. The number of ether oxygens (including phenoxy) is 3. The van der Waals surface area contributed by atoms with Crippen molar-refractivity contribution in [3.05, 3.63) is 75.7 Å². The highest BCUT2D eigenvalue weighted by Gasteiger charge is 2.30. The van der Waals surface area contributed by atoms with E-state index in [4.69, 9.17) is 14.2 Å². The van der Waals surface area contributed by atoms with Crippen LogP contribution in [0.4, 0.5) is 5.69 Å². The van der Waals surface area contributed by atoms with Crippen molar-refractivity contribution in [1.82, 2.24) is 15.6 Å². The first kappa shape index (κ1) is 31.3. The van der Waals surface area contributed by atoms with Gasteiger partial charge in [0.25, 0.3) is 0 Å². The zero-order valence-electron chi connectivity index (χ0n) is 25.6. The number of carbonyl (C=O) groups is 2. The second-order valence-corrected chi connectivity index (χ2v) is 11.0. The van der Waals surface area contributed by atoms with Gasteiger partial charge in [-0.3, -0.25) is 19.4 Å². The van der Waals surface area contributed by atoms with E-state index < -0.39 is 12.1 Å². The summed E-state index contributed by atoms with van der Waals surface area (Å²) < 4.78 is 17.1. The second-order valence-electron chi connectivity index (χ2n) is 11.0. The number of aromatic nitrogens is 1. The number of nitrogens with zero attached hydrogens (tertiary/aromatic N) is 1. The molecule has 4 rings (SSSR count). The Morgan fingerprint density at radius 2 is 1.81 bits per heavy atom. The molecule has 0 aliphatic heterocycles. The molecule has 1 aliphatic rings. The van der Waals surface area contributed by atoms with Crippen LogP contribution in [-0.4, -0.2) is 44.2 Å². The summed E-state index contributed by atoms with van der Waals surface area (Å²) in [6, 6.07) is 9.62. The Kier molecular flexibility index (Phi) is 10.2. The molecule has 0 spiro atoms. The van der Waals surface area contributed by atoms with Crippen LogP contribution < -0.4 is 35.6 Å². The third-order valence-electron chi connectivity index (χ3n) is 7.46. The molecule has 10 heteroatoms. The van der Waals surface area contributed by atoms with Gasteiger partial charge in [0, 0.05) is 31.4 Å². The zero-order valence-corrected chi connectivity index (χ0v) is 25.6. The van der Waals surface area contributed by atoms with Gasteiger partial charge in [-0.2, -0.15) is 0 Å². The fraction of sp³-hybridized carbons (Fsp3) is 0.394. The number of rotatable bonds is 11. The van der Waals surface area contributed by atoms with Gasteiger partial charge in [-0.15, -0.1) is 0 Å². The lowest BCUT2D eigenvalue weighted by atomic mass is 9.95. The predicted molar refractivity (Wildman–Crippen MR) is 166 cm³/mol. The maximum atomic E-state index is 13.8. The van der Waals surface area contributed by atoms with Crippen molar-refractivity contribution >= 4 is 17.5 Å². The van der Waals surface area contributed by atoms with Gasteiger partial charge in [0.2, 0.25) is 23.0 Å². The molecule has 0 radical (unpaired) electrons. The zero-order chi connectivity index (χ0) is 31.1. The minimum Gasteiger partial charge on any atom is -0.493 e. The van der Waals surface area contributed by atoms with Crippen LogP contribution >= 0.6 is 0 Å². The topological polar surface area (TPSA) is 128 Å². The summed E-state index contributed by atoms with van der Waals surface area (Å²) in [6.07, 6.45) is 5.05. The predicted octanol–water partition coefficient (Wildman–Crippen LogP) is 4.40. The quantitative estimate of drug-likeness (QED) is 0.301. The number of hydrogen-bond acceptors (Lipinski definition) is 8. The summed E-state index contributed by atoms with van der Waals surface area (Å²) in [5, 5.41) is 9.20. The van der Waals surface area contributed by atoms with Crippen LogP contribution in [0.15, 0.2) is 53.6 Å². The number of amides is 2. The van der Waals surface area contributed by atoms with E-state index >= 15 is 0 Å². The molecule has 2 amide bonds. The van der Waals surface area contributed by atoms with Crippen molar-refractivity contribution in [1.29, 1.82) is 0 Å². The van der Waals surface area contributed by atoms with Crippen LogP contribution in [0.3, 0.4) is 0 Å². The van der Waals surface area contributed by atoms with E-state index in [-0.39, 0.29) is 28.8 Å². The Morgan fingerprint density at radius 3 is 2.44 bits per heavy atom. The van der Waals surface area contributed by atoms with Gasteiger partial charge in [0.05, 0.1) is 33.1 Å². The van der Waals surface area contributed by atoms with E-state index in [1.54, 1.807) is 45.9 Å². The van der Waals surface area contributed by atoms with Gasteiger partial charge in [-0.1, -0.05) is 26.0 Å². The van der Waals surface area contributed by atoms with E-state index in [9.17, 15) is 14.4 Å². The molecule has 1 aliphatic carbocycles. The number of pyridine rings is 1. The summed E-state index contributed by atoms with van der Waals surface area (Å²) in [4.78, 5) is 43.4. The lowest BCUT2D eigenvalue weighted by Crippen LogP contribution is -2.41. The molecular weight excluding hydrogens is 548 g/mol. The number of carbonyl (C=O) groups excluding carboxylic acids is 2. The highest BCUT2D eigenvalue weighted by Crippen LogP contribution is 2.50. The van der Waals surface area contributed by atoms with Crippen molar-refractivity contribution in [2.45, 2.75) is 58.7 Å². The fourth-order valence-electron chi connectivity index (χ4n) is 5.53. The molecule has 0 saturated heterocycles. The van der Waals surface area contributed by atoms with Gasteiger partial charge in [-0.05, 0) is 71.7 Å². The number of fused-ring (bicyclic) bond motifs is 3. The summed E-state index contributed by atoms with van der Waals surface area (Å²) in [6.45, 7) is 5.83. The molecule has 0 bridgehead atoms. The normalized spacial score (nSPS) is 14.4. The average molecular weight is 589 g/mol. The minimum absolute atomic E-state index is 0.189. The van der Waals surface area contributed by atoms with Crippen LogP contribution in [0.1, 0.15) is 56.3 Å². The summed E-state index contributed by atoms with van der Waals surface area (Å²) >= 11 is 0. The van der Waals surface area contributed by atoms with Gasteiger partial charge in [-0.25, -0.2) is 0 Å². The van der Waals surface area contributed by atoms with Crippen LogP contribution in [0.2, 0.25) is 0 Å². The van der Waals surface area contributed by atoms with Crippen molar-refractivity contribution in [3.8, 4) is 28.4 Å². The maximum Gasteiger partial charge on any atom is 0.242 e. The number of methoxy groups -OCH3 is 3. The lowest BCUT2D eigenvalue weighted by Gasteiger charge is -2.20. The van der Waals surface area contributed by atoms with E-state index in [2.05, 4.69) is 20.9 Å². The number of aryl methyl sites for hydroxylation is 1. The molecule has 2 atom stereocenters. The smallest absolute Gasteiger partial charge is 0.242 e. The first-order valence-electron chi connectivity index (χ1n) is 14.4. The summed E-state index contributed by atoms with van der Waals surface area (Å²) in [5.74, 6) is 1.20. The molecule has 0 saturated carbocycles. The molecule has 10 nitrogen and oxygen atoms in total. The Morgan fingerprint density at radius 1 is 1.05 bits per heavy atom. The average Bonchev–Trinajstić information content (AvgIpc) is 3.23. The number of nitrogens with one attached hydrogen (secondary N) is 3. The van der Waals surface area contributed by atoms with E-state index in [1.807, 2.05) is 38.1 Å². The van der Waals surface area contributed by atoms with Crippen molar-refractivity contribution in [2.75, 3.05) is 26.6 Å². The van der Waals surface area contributed by atoms with Gasteiger partial charge < -0.3 is 30.2 Å². The van der Waals surface area contributed by atoms with Crippen molar-refractivity contribution in [2.24, 2.45) is 5.92 Å². The Hall–Kier alpha value is -4.60. The molecule has 43 heavy (non-hydrogen) atoms. The van der Waals surface area contributed by atoms with Gasteiger partial charge >= 0.3 is 0 Å². The lowest BCUT2D eigenvalue weighted by molar-refractivity contribution is -0.122. The number of anilines is 1. The molecule has 3 aromatic rings. The molecule has 0 unspecified atom stereocenters. The standard InChI is InChI=1S/C33H40N4O6/c1-19(2)14-27(33(40)35-18-21-8-7-13-34-17-21)37-26-12-10-23-24(16-28(26)39)25(36-20(3)38)11-9-22-15-29(41-4)31(42-5)32(43-6)30(22)23/h7-8,10,12-13,15-17,19,25,27H,9,11,14,18H2,1-6H3,(H,35,40)(H,36,38)(H,37,39)/t25-,27+/m1/s1. The van der Waals surface area contributed by atoms with Crippen molar-refractivity contribution < 1.29 is 23.8 Å². The molecule has 1 aromatic heterocycles. The third-order valence-corrected chi connectivity index (χ3v) is 7.46. The third kappa shape index (κ3) is 7.25. The van der Waals surface area contributed by atoms with Gasteiger partial charge in [0.1, 0.15) is 6.04 Å². The van der Waals surface area contributed by atoms with Gasteiger partial charge in [0.15, 0.2) is 11.5 Å². The molecule has 2 aromatic carbocycles.